The van der Waals surface area contributed by atoms with E-state index in [1.807, 2.05) is 11.8 Å². The molecular formula is C26H45PS. The van der Waals surface area contributed by atoms with Crippen molar-refractivity contribution in [3.63, 3.8) is 0 Å². The van der Waals surface area contributed by atoms with Crippen molar-refractivity contribution in [2.75, 3.05) is 12.4 Å². The number of benzene rings is 1. The van der Waals surface area contributed by atoms with Crippen LogP contribution in [0.2, 0.25) is 0 Å². The minimum atomic E-state index is 1.02. The first-order chi connectivity index (χ1) is 13.8. The molecule has 1 unspecified atom stereocenters. The molecule has 0 radical (unpaired) electrons. The van der Waals surface area contributed by atoms with Gasteiger partial charge in [0, 0.05) is 4.65 Å². The van der Waals surface area contributed by atoms with Gasteiger partial charge in [-0.1, -0.05) is 104 Å². The maximum Gasteiger partial charge on any atom is 0.000941 e. The molecule has 0 aliphatic carbocycles. The standard InChI is InChI=1S/C26H45PS/c1-4-6-7-8-9-11-14-17-24-20-22-25(23-21-24)18-15-12-10-13-16-19-26(28-3)27-5-2/h19-23,27H,4-18H2,1-3H3/b26-19-. The highest BCUT2D eigenvalue weighted by molar-refractivity contribution is 8.07. The number of hydrogen-bond donors (Lipinski definition) is 0. The van der Waals surface area contributed by atoms with Crippen molar-refractivity contribution in [1.82, 2.24) is 0 Å². The maximum atomic E-state index is 2.48. The monoisotopic (exact) mass is 420 g/mol. The van der Waals surface area contributed by atoms with Gasteiger partial charge in [-0.2, -0.15) is 0 Å². The summed E-state index contributed by atoms with van der Waals surface area (Å²) in [7, 11) is 1.02. The summed E-state index contributed by atoms with van der Waals surface area (Å²) in [4.78, 5) is 0. The van der Waals surface area contributed by atoms with Gasteiger partial charge in [0.1, 0.15) is 0 Å². The molecule has 0 nitrogen and oxygen atoms in total. The molecule has 0 N–H and O–H groups in total. The van der Waals surface area contributed by atoms with Crippen molar-refractivity contribution in [1.29, 1.82) is 0 Å². The van der Waals surface area contributed by atoms with Crippen molar-refractivity contribution >= 4 is 20.3 Å². The lowest BCUT2D eigenvalue weighted by atomic mass is 10.0. The van der Waals surface area contributed by atoms with Gasteiger partial charge in [-0.25, -0.2) is 0 Å². The Hall–Kier alpha value is -0.260. The molecule has 2 heteroatoms. The zero-order chi connectivity index (χ0) is 20.3. The van der Waals surface area contributed by atoms with E-state index in [-0.39, 0.29) is 0 Å². The van der Waals surface area contributed by atoms with Crippen LogP contribution in [0.4, 0.5) is 0 Å². The first kappa shape index (κ1) is 25.8. The summed E-state index contributed by atoms with van der Waals surface area (Å²) in [5.41, 5.74) is 3.05. The maximum absolute atomic E-state index is 2.48. The molecule has 1 aromatic carbocycles. The van der Waals surface area contributed by atoms with E-state index in [1.54, 1.807) is 4.65 Å². The third kappa shape index (κ3) is 13.8. The van der Waals surface area contributed by atoms with Crippen LogP contribution in [0.15, 0.2) is 35.0 Å². The number of allylic oxidation sites excluding steroid dienone is 1. The molecule has 0 aromatic heterocycles. The molecule has 0 bridgehead atoms. The highest BCUT2D eigenvalue weighted by Gasteiger charge is 1.98. The molecule has 160 valence electrons. The van der Waals surface area contributed by atoms with Crippen LogP contribution in [0.3, 0.4) is 0 Å². The molecule has 0 saturated carbocycles. The molecule has 0 spiro atoms. The van der Waals surface area contributed by atoms with E-state index in [9.17, 15) is 0 Å². The Morgan fingerprint density at radius 2 is 1.25 bits per heavy atom. The molecule has 0 amide bonds. The van der Waals surface area contributed by atoms with Gasteiger partial charge in [-0.05, 0) is 62.1 Å². The highest BCUT2D eigenvalue weighted by Crippen LogP contribution is 2.32. The molecule has 0 heterocycles. The molecule has 0 saturated heterocycles. The number of hydrogen-bond acceptors (Lipinski definition) is 1. The van der Waals surface area contributed by atoms with Crippen LogP contribution in [0.1, 0.15) is 102 Å². The Bertz CT molecular complexity index is 492. The normalized spacial score (nSPS) is 12.3. The molecule has 1 aromatic rings. The van der Waals surface area contributed by atoms with Gasteiger partial charge in [0.2, 0.25) is 0 Å². The van der Waals surface area contributed by atoms with E-state index in [0.29, 0.717) is 0 Å². The first-order valence-corrected chi connectivity index (χ1v) is 14.3. The van der Waals surface area contributed by atoms with Gasteiger partial charge < -0.3 is 0 Å². The van der Waals surface area contributed by atoms with Gasteiger partial charge in [0.15, 0.2) is 0 Å². The van der Waals surface area contributed by atoms with Crippen molar-refractivity contribution < 1.29 is 0 Å². The Morgan fingerprint density at radius 1 is 0.750 bits per heavy atom. The van der Waals surface area contributed by atoms with Gasteiger partial charge in [-0.3, -0.25) is 0 Å². The Kier molecular flexibility index (Phi) is 17.3. The fraction of sp³-hybridized carbons (Fsp3) is 0.692. The summed E-state index contributed by atoms with van der Waals surface area (Å²) >= 11 is 1.94. The fourth-order valence-corrected chi connectivity index (χ4v) is 5.55. The predicted octanol–water partition coefficient (Wildman–Crippen LogP) is 9.38. The SMILES string of the molecule is CCCCCCCCCc1ccc(CCCCCC/C=C(/PCC)SC)cc1. The number of aryl methyl sites for hydroxylation is 2. The largest absolute Gasteiger partial charge is 0.130 e. The van der Waals surface area contributed by atoms with Crippen molar-refractivity contribution in [3.05, 3.63) is 46.1 Å². The molecule has 0 fully saturated rings. The van der Waals surface area contributed by atoms with Gasteiger partial charge in [0.05, 0.1) is 0 Å². The summed E-state index contributed by atoms with van der Waals surface area (Å²) in [6, 6.07) is 9.48. The van der Waals surface area contributed by atoms with E-state index in [1.165, 1.54) is 107 Å². The zero-order valence-electron chi connectivity index (χ0n) is 18.9. The molecule has 28 heavy (non-hydrogen) atoms. The molecule has 0 aliphatic rings. The molecule has 1 atom stereocenters. The van der Waals surface area contributed by atoms with Crippen molar-refractivity contribution in [3.8, 4) is 0 Å². The van der Waals surface area contributed by atoms with Crippen LogP contribution in [-0.2, 0) is 12.8 Å². The van der Waals surface area contributed by atoms with E-state index in [0.717, 1.165) is 8.58 Å². The van der Waals surface area contributed by atoms with Crippen LogP contribution in [0, 0.1) is 0 Å². The van der Waals surface area contributed by atoms with E-state index >= 15 is 0 Å². The van der Waals surface area contributed by atoms with E-state index in [4.69, 9.17) is 0 Å². The third-order valence-electron chi connectivity index (χ3n) is 5.41. The number of unbranched alkanes of at least 4 members (excludes halogenated alkanes) is 10. The number of rotatable bonds is 18. The van der Waals surface area contributed by atoms with Crippen molar-refractivity contribution in [2.24, 2.45) is 0 Å². The summed E-state index contributed by atoms with van der Waals surface area (Å²) in [6.45, 7) is 4.57. The third-order valence-corrected chi connectivity index (χ3v) is 7.97. The quantitative estimate of drug-likeness (QED) is 0.168. The molecule has 1 rings (SSSR count). The highest BCUT2D eigenvalue weighted by atomic mass is 32.2. The smallest absolute Gasteiger partial charge is 0.000941 e. The lowest BCUT2D eigenvalue weighted by molar-refractivity contribution is 0.589. The van der Waals surface area contributed by atoms with Crippen LogP contribution in [0.25, 0.3) is 0 Å². The summed E-state index contributed by atoms with van der Waals surface area (Å²) < 4.78 is 1.61. The average Bonchev–Trinajstić information content (AvgIpc) is 2.72. The first-order valence-electron chi connectivity index (χ1n) is 11.9. The minimum Gasteiger partial charge on any atom is -0.130 e. The summed E-state index contributed by atoms with van der Waals surface area (Å²) in [5, 5.41) is 0. The zero-order valence-corrected chi connectivity index (χ0v) is 20.7. The van der Waals surface area contributed by atoms with E-state index in [2.05, 4.69) is 50.4 Å². The average molecular weight is 421 g/mol. The molecule has 0 aliphatic heterocycles. The van der Waals surface area contributed by atoms with Crippen molar-refractivity contribution in [2.45, 2.75) is 104 Å². The second kappa shape index (κ2) is 18.7. The topological polar surface area (TPSA) is 0 Å². The van der Waals surface area contributed by atoms with E-state index < -0.39 is 0 Å². The van der Waals surface area contributed by atoms with Crippen LogP contribution in [0.5, 0.6) is 0 Å². The summed E-state index contributed by atoms with van der Waals surface area (Å²) in [6.07, 6.45) is 25.0. The second-order valence-electron chi connectivity index (χ2n) is 7.94. The van der Waals surface area contributed by atoms with Crippen LogP contribution >= 0.6 is 20.3 Å². The Balaban J connectivity index is 2.05. The van der Waals surface area contributed by atoms with Gasteiger partial charge in [-0.15, -0.1) is 11.8 Å². The second-order valence-corrected chi connectivity index (χ2v) is 10.8. The lowest BCUT2D eigenvalue weighted by Gasteiger charge is -2.05. The molecular weight excluding hydrogens is 375 g/mol. The minimum absolute atomic E-state index is 1.02. The van der Waals surface area contributed by atoms with Gasteiger partial charge in [0.25, 0.3) is 0 Å². The van der Waals surface area contributed by atoms with Gasteiger partial charge >= 0.3 is 0 Å². The number of thioether (sulfide) groups is 1. The Morgan fingerprint density at radius 3 is 1.75 bits per heavy atom. The lowest BCUT2D eigenvalue weighted by Crippen LogP contribution is -1.90. The fourth-order valence-electron chi connectivity index (χ4n) is 3.62. The Labute approximate surface area is 182 Å². The predicted molar refractivity (Wildman–Crippen MR) is 135 cm³/mol. The van der Waals surface area contributed by atoms with Crippen LogP contribution < -0.4 is 0 Å². The van der Waals surface area contributed by atoms with Crippen LogP contribution in [-0.4, -0.2) is 12.4 Å². The summed E-state index contributed by atoms with van der Waals surface area (Å²) in [5.74, 6) is 0.